The third-order valence-corrected chi connectivity index (χ3v) is 74.6. The summed E-state index contributed by atoms with van der Waals surface area (Å²) in [4.78, 5) is 0. The van der Waals surface area contributed by atoms with Crippen LogP contribution in [0.25, 0.3) is 0 Å². The lowest BCUT2D eigenvalue weighted by Crippen LogP contribution is -2.52. The van der Waals surface area contributed by atoms with Crippen molar-refractivity contribution in [2.75, 3.05) is 12.3 Å². The highest BCUT2D eigenvalue weighted by atomic mass is 31.1. The van der Waals surface area contributed by atoms with Gasteiger partial charge in [0, 0.05) is 96.9 Å². The van der Waals surface area contributed by atoms with Gasteiger partial charge in [-0.15, -0.1) is 0 Å². The highest BCUT2D eigenvalue weighted by Gasteiger charge is 2.49. The van der Waals surface area contributed by atoms with Crippen molar-refractivity contribution < 1.29 is 0 Å². The molecule has 2 unspecified atom stereocenters. The molecule has 2 atom stereocenters. The second kappa shape index (κ2) is 22.6. The maximum Gasteiger partial charge on any atom is 0.0493 e. The van der Waals surface area contributed by atoms with Crippen LogP contribution >= 0.6 is 17.2 Å². The smallest absolute Gasteiger partial charge is 0.0493 e. The highest BCUT2D eigenvalue weighted by molar-refractivity contribution is 7.51. The van der Waals surface area contributed by atoms with E-state index < -0.39 is 96.9 Å². The molecule has 2 aromatic carbocycles. The van der Waals surface area contributed by atoms with E-state index in [-0.39, 0.29) is 0 Å². The Hall–Kier alpha value is 1.90. The fourth-order valence-corrected chi connectivity index (χ4v) is 97.6. The summed E-state index contributed by atoms with van der Waals surface area (Å²) in [6.07, 6.45) is 2.69. The maximum absolute atomic E-state index is 2.98. The lowest BCUT2D eigenvalue weighted by molar-refractivity contribution is 1.09. The Morgan fingerprint density at radius 3 is 0.471 bits per heavy atom. The Morgan fingerprint density at radius 2 is 0.357 bits per heavy atom. The van der Waals surface area contributed by atoms with Crippen LogP contribution in [0.1, 0.15) is 64.4 Å². The molecule has 14 heteroatoms. The van der Waals surface area contributed by atoms with Gasteiger partial charge >= 0.3 is 0 Å². The average molecular weight is 1200 g/mol. The summed E-state index contributed by atoms with van der Waals surface area (Å²) in [6, 6.07) is 11.9. The van der Waals surface area contributed by atoms with Gasteiger partial charge in [-0.25, -0.2) is 0 Å². The molecule has 0 aliphatic rings. The molecule has 0 amide bonds. The van der Waals surface area contributed by atoms with Crippen LogP contribution in [0.15, 0.2) is 24.3 Å². The summed E-state index contributed by atoms with van der Waals surface area (Å²) in [7, 11) is -17.3. The van der Waals surface area contributed by atoms with Gasteiger partial charge in [-0.1, -0.05) is 277 Å². The Kier molecular flexibility index (Phi) is 21.9. The average Bonchev–Trinajstić information content (AvgIpc) is 2.96. The van der Waals surface area contributed by atoms with E-state index in [2.05, 4.69) is 260 Å². The van der Waals surface area contributed by atoms with E-state index in [4.69, 9.17) is 0 Å². The van der Waals surface area contributed by atoms with Crippen LogP contribution in [0, 0.1) is 0 Å². The molecule has 70 heavy (non-hydrogen) atoms. The molecule has 0 heterocycles. The van der Waals surface area contributed by atoms with Crippen LogP contribution in [0.3, 0.4) is 0 Å². The van der Waals surface area contributed by atoms with E-state index in [1.165, 1.54) is 12.3 Å². The predicted molar refractivity (Wildman–Crippen MR) is 375 cm³/mol. The molecule has 0 nitrogen and oxygen atoms in total. The van der Waals surface area contributed by atoms with Crippen molar-refractivity contribution in [1.82, 2.24) is 0 Å². The summed E-state index contributed by atoms with van der Waals surface area (Å²) in [5, 5.41) is 8.37. The van der Waals surface area contributed by atoms with Crippen LogP contribution < -0.4 is 10.6 Å². The summed E-state index contributed by atoms with van der Waals surface area (Å²) >= 11 is 0. The third kappa shape index (κ3) is 17.7. The van der Waals surface area contributed by atoms with Gasteiger partial charge in [0.1, 0.15) is 0 Å². The predicted octanol–water partition coefficient (Wildman–Crippen LogP) is 20.0. The fourth-order valence-electron chi connectivity index (χ4n) is 17.0. The zero-order valence-corrected chi connectivity index (χ0v) is 68.2. The number of hydrogen-bond donors (Lipinski definition) is 0. The van der Waals surface area contributed by atoms with E-state index >= 15 is 0 Å². The van der Waals surface area contributed by atoms with Gasteiger partial charge in [0.25, 0.3) is 0 Å². The van der Waals surface area contributed by atoms with E-state index in [0.717, 1.165) is 48.1 Å². The Bertz CT molecular complexity index is 1730. The van der Waals surface area contributed by atoms with Crippen LogP contribution in [0.5, 0.6) is 0 Å². The largest absolute Gasteiger partial charge is 0.0895 e. The van der Waals surface area contributed by atoms with Crippen LogP contribution in [-0.2, 0) is 0 Å². The molecule has 0 aromatic heterocycles. The minimum Gasteiger partial charge on any atom is -0.0895 e. The summed E-state index contributed by atoms with van der Waals surface area (Å²) < 4.78 is 0. The number of benzene rings is 2. The quantitative estimate of drug-likeness (QED) is 0.0591. The molecule has 0 saturated carbocycles. The van der Waals surface area contributed by atoms with Gasteiger partial charge in [-0.2, -0.15) is 0 Å². The first kappa shape index (κ1) is 68.0. The number of hydrogen-bond acceptors (Lipinski definition) is 0. The van der Waals surface area contributed by atoms with Crippen LogP contribution in [0.4, 0.5) is 0 Å². The summed E-state index contributed by atoms with van der Waals surface area (Å²) in [5.41, 5.74) is 11.1. The second-order valence-corrected chi connectivity index (χ2v) is 106. The van der Waals surface area contributed by atoms with Gasteiger partial charge in [0.2, 0.25) is 0 Å². The van der Waals surface area contributed by atoms with Crippen molar-refractivity contribution >= 4 is 125 Å². The molecule has 2 rings (SSSR count). The van der Waals surface area contributed by atoms with E-state index in [9.17, 15) is 0 Å². The maximum atomic E-state index is 2.98. The van der Waals surface area contributed by atoms with Crippen molar-refractivity contribution in [2.24, 2.45) is 0 Å². The lowest BCUT2D eigenvalue weighted by Gasteiger charge is -2.46. The topological polar surface area (TPSA) is 0 Å². The van der Waals surface area contributed by atoms with Crippen molar-refractivity contribution in [1.29, 1.82) is 0 Å². The minimum atomic E-state index is -1.61. The van der Waals surface area contributed by atoms with E-state index in [0.29, 0.717) is 0 Å². The third-order valence-electron chi connectivity index (χ3n) is 15.5. The highest BCUT2D eigenvalue weighted by Crippen LogP contribution is 2.49. The zero-order valence-electron chi connectivity index (χ0n) is 54.2. The van der Waals surface area contributed by atoms with Crippen molar-refractivity contribution in [3.8, 4) is 0 Å². The van der Waals surface area contributed by atoms with Gasteiger partial charge in [-0.05, 0) is 87.3 Å². The molecule has 0 aliphatic carbocycles. The van der Waals surface area contributed by atoms with Gasteiger partial charge in [0.05, 0.1) is 0 Å². The fraction of sp³-hybridized carbons (Fsp3) is 0.786. The molecule has 0 N–H and O–H groups in total. The molecule has 406 valence electrons. The van der Waals surface area contributed by atoms with E-state index in [1.54, 1.807) is 11.1 Å². The first-order valence-corrected chi connectivity index (χ1v) is 73.6. The SMILES string of the molecule is C[Si](C)(C)C(c1cc(C([Si](C)(C)C)[Si](C)(C)C)c(PCCPc2c(C([Si](C)(C)C)[Si](C)(C)C)cc(C([Si](C)(C)C)[Si](C)(C)C)cc2C([Si](C)(C)C)[Si](C)(C)C)c(C([Si](C)(C)C)[Si](C)(C)C)c1)[Si](C)(C)C. The standard InChI is InChI=1S/C56H124P2Si12/c1-59(2,3)51(60(4,5)6)43-39-45(53(63(13,14)15)64(16,17)18)49(46(40-43)54(65(19,20)21)66(22,23)24)57-37-38-58-50-47(55(67(25,26)27)68(28,29)30)41-44(52(61(7,8)9)62(10,11)12)42-48(50)56(69(31,32)33)70(34,35)36/h39-42,51-58H,37-38H2,1-36H3. The molecule has 0 spiro atoms. The molecule has 2 aromatic rings. The van der Waals surface area contributed by atoms with Gasteiger partial charge < -0.3 is 0 Å². The Morgan fingerprint density at radius 1 is 0.229 bits per heavy atom. The minimum absolute atomic E-state index is 0.761. The monoisotopic (exact) mass is 1190 g/mol. The Balaban J connectivity index is 3.38. The normalized spacial score (nSPS) is 15.6. The number of rotatable bonds is 23. The molecular formula is C56H124P2Si12. The molecule has 0 bridgehead atoms. The Labute approximate surface area is 457 Å². The van der Waals surface area contributed by atoms with Crippen LogP contribution in [0.2, 0.25) is 236 Å². The molecule has 0 saturated heterocycles. The zero-order chi connectivity index (χ0) is 55.7. The van der Waals surface area contributed by atoms with Crippen LogP contribution in [-0.4, -0.2) is 109 Å². The molecule has 0 aliphatic heterocycles. The first-order chi connectivity index (χ1) is 30.4. The first-order valence-electron chi connectivity index (χ1n) is 28.2. The van der Waals surface area contributed by atoms with Crippen molar-refractivity contribution in [2.45, 2.75) is 267 Å². The van der Waals surface area contributed by atoms with Crippen molar-refractivity contribution in [3.63, 3.8) is 0 Å². The molecular weight excluding hydrogens is 1070 g/mol. The summed E-state index contributed by atoms with van der Waals surface area (Å²) in [5.74, 6) is 0. The lowest BCUT2D eigenvalue weighted by atomic mass is 10.1. The molecule has 0 radical (unpaired) electrons. The van der Waals surface area contributed by atoms with Crippen molar-refractivity contribution in [3.05, 3.63) is 57.6 Å². The van der Waals surface area contributed by atoms with E-state index in [1.807, 2.05) is 32.9 Å². The summed E-state index contributed by atoms with van der Waals surface area (Å²) in [6.45, 7) is 98.6. The second-order valence-electron chi connectivity index (χ2n) is 36.0. The van der Waals surface area contributed by atoms with Gasteiger partial charge in [-0.3, -0.25) is 0 Å². The van der Waals surface area contributed by atoms with Gasteiger partial charge in [0.15, 0.2) is 0 Å². The molecule has 0 fully saturated rings.